The summed E-state index contributed by atoms with van der Waals surface area (Å²) in [6.45, 7) is 33.6. The minimum atomic E-state index is -2.39. The summed E-state index contributed by atoms with van der Waals surface area (Å²) in [6, 6.07) is 1.43. The second kappa shape index (κ2) is 10.3. The molecule has 8 nitrogen and oxygen atoms in total. The van der Waals surface area contributed by atoms with Crippen LogP contribution in [0.25, 0.3) is 6.08 Å². The Labute approximate surface area is 244 Å². The van der Waals surface area contributed by atoms with Crippen molar-refractivity contribution in [2.75, 3.05) is 6.61 Å². The van der Waals surface area contributed by atoms with Crippen LogP contribution < -0.4 is 11.2 Å². The zero-order chi connectivity index (χ0) is 30.9. The third kappa shape index (κ3) is 6.02. The normalized spacial score (nSPS) is 26.1. The number of hydrogen-bond donors (Lipinski definition) is 1. The molecule has 0 saturated carbocycles. The Hall–Kier alpha value is -1.09. The van der Waals surface area contributed by atoms with Gasteiger partial charge in [0.1, 0.15) is 18.3 Å². The van der Waals surface area contributed by atoms with Gasteiger partial charge in [-0.15, -0.1) is 0 Å². The minimum absolute atomic E-state index is 0.0202. The van der Waals surface area contributed by atoms with Gasteiger partial charge in [0.15, 0.2) is 30.7 Å². The van der Waals surface area contributed by atoms with E-state index >= 15 is 0 Å². The predicted octanol–water partition coefficient (Wildman–Crippen LogP) is 6.42. The van der Waals surface area contributed by atoms with Gasteiger partial charge in [0, 0.05) is 6.07 Å². The molecule has 0 bridgehead atoms. The monoisotopic (exact) mass is 610 g/mol. The SMILES string of the molecule is CC(C)(C)[Si](C)(C)OC[C@H]1O[C@]2(C=Cc3cc(=O)[nH]c(=O)n32)[C@H](O[Si](C)(C)C(C)(C)C)[C@@H]1O[Si](C)(C)C(C)(C)C. The van der Waals surface area contributed by atoms with E-state index in [0.29, 0.717) is 12.3 Å². The summed E-state index contributed by atoms with van der Waals surface area (Å²) < 4.78 is 29.6. The number of rotatable bonds is 7. The lowest BCUT2D eigenvalue weighted by atomic mass is 10.0. The van der Waals surface area contributed by atoms with Crippen LogP contribution in [0.5, 0.6) is 0 Å². The van der Waals surface area contributed by atoms with Crippen molar-refractivity contribution >= 4 is 31.0 Å². The molecular weight excluding hydrogens is 557 g/mol. The van der Waals surface area contributed by atoms with Crippen molar-refractivity contribution < 1.29 is 18.0 Å². The molecule has 3 heterocycles. The van der Waals surface area contributed by atoms with Gasteiger partial charge >= 0.3 is 5.69 Å². The van der Waals surface area contributed by atoms with Crippen molar-refractivity contribution in [2.24, 2.45) is 0 Å². The maximum atomic E-state index is 13.4. The molecule has 1 spiro atoms. The quantitative estimate of drug-likeness (QED) is 0.359. The van der Waals surface area contributed by atoms with Gasteiger partial charge < -0.3 is 18.0 Å². The lowest BCUT2D eigenvalue weighted by Crippen LogP contribution is -2.58. The van der Waals surface area contributed by atoms with Crippen LogP contribution >= 0.6 is 0 Å². The Kier molecular flexibility index (Phi) is 8.58. The molecule has 1 saturated heterocycles. The molecule has 228 valence electrons. The van der Waals surface area contributed by atoms with Crippen LogP contribution in [0.15, 0.2) is 21.7 Å². The fourth-order valence-corrected chi connectivity index (χ4v) is 7.95. The van der Waals surface area contributed by atoms with Gasteiger partial charge in [-0.25, -0.2) is 4.79 Å². The first-order valence-electron chi connectivity index (χ1n) is 14.5. The van der Waals surface area contributed by atoms with Crippen LogP contribution in [-0.4, -0.2) is 59.4 Å². The summed E-state index contributed by atoms with van der Waals surface area (Å²) in [5.41, 5.74) is -1.73. The van der Waals surface area contributed by atoms with Crippen LogP contribution in [0.3, 0.4) is 0 Å². The molecule has 1 aromatic rings. The highest BCUT2D eigenvalue weighted by molar-refractivity contribution is 6.75. The lowest BCUT2D eigenvalue weighted by Gasteiger charge is -2.45. The van der Waals surface area contributed by atoms with E-state index in [9.17, 15) is 9.59 Å². The third-order valence-corrected chi connectivity index (χ3v) is 23.5. The first-order valence-corrected chi connectivity index (χ1v) is 23.2. The molecule has 1 N–H and O–H groups in total. The third-order valence-electron chi connectivity index (χ3n) is 10.1. The Bertz CT molecular complexity index is 1250. The van der Waals surface area contributed by atoms with Gasteiger partial charge in [-0.1, -0.05) is 62.3 Å². The number of H-pyrrole nitrogens is 1. The maximum absolute atomic E-state index is 13.4. The molecule has 0 unspecified atom stereocenters. The van der Waals surface area contributed by atoms with E-state index in [1.54, 1.807) is 10.6 Å². The molecule has 2 aliphatic rings. The molecule has 1 fully saturated rings. The Balaban J connectivity index is 2.23. The number of aromatic nitrogens is 2. The van der Waals surface area contributed by atoms with Crippen molar-refractivity contribution in [3.63, 3.8) is 0 Å². The largest absolute Gasteiger partial charge is 0.414 e. The Morgan fingerprint density at radius 2 is 1.35 bits per heavy atom. The number of nitrogens with zero attached hydrogens (tertiary/aromatic N) is 1. The van der Waals surface area contributed by atoms with E-state index in [-0.39, 0.29) is 15.1 Å². The smallest absolute Gasteiger partial charge is 0.331 e. The van der Waals surface area contributed by atoms with Crippen LogP contribution in [0, 0.1) is 0 Å². The maximum Gasteiger partial charge on any atom is 0.331 e. The second-order valence-corrected chi connectivity index (χ2v) is 30.5. The summed E-state index contributed by atoms with van der Waals surface area (Å²) in [5, 5.41) is -0.125. The molecule has 0 radical (unpaired) electrons. The zero-order valence-electron chi connectivity index (χ0n) is 27.6. The highest BCUT2D eigenvalue weighted by Gasteiger charge is 2.62. The molecule has 40 heavy (non-hydrogen) atoms. The predicted molar refractivity (Wildman–Crippen MR) is 170 cm³/mol. The van der Waals surface area contributed by atoms with E-state index in [1.807, 2.05) is 6.08 Å². The Morgan fingerprint density at radius 3 is 1.85 bits per heavy atom. The van der Waals surface area contributed by atoms with E-state index in [0.717, 1.165) is 0 Å². The van der Waals surface area contributed by atoms with Gasteiger partial charge in [-0.2, -0.15) is 0 Å². The van der Waals surface area contributed by atoms with E-state index in [1.165, 1.54) is 6.07 Å². The molecule has 3 rings (SSSR count). The van der Waals surface area contributed by atoms with E-state index in [4.69, 9.17) is 18.0 Å². The average Bonchev–Trinajstić information content (AvgIpc) is 3.22. The molecule has 0 amide bonds. The molecule has 11 heteroatoms. The van der Waals surface area contributed by atoms with Gasteiger partial charge in [0.25, 0.3) is 5.56 Å². The topological polar surface area (TPSA) is 91.8 Å². The number of nitrogens with one attached hydrogen (secondary N) is 1. The molecule has 2 aliphatic heterocycles. The van der Waals surface area contributed by atoms with Gasteiger partial charge in [-0.3, -0.25) is 14.3 Å². The van der Waals surface area contributed by atoms with E-state index in [2.05, 4.69) is 107 Å². The van der Waals surface area contributed by atoms with Gasteiger partial charge in [0.2, 0.25) is 0 Å². The molecule has 0 aliphatic carbocycles. The molecular formula is C29H54N2O6Si3. The van der Waals surface area contributed by atoms with Crippen LogP contribution in [0.2, 0.25) is 54.4 Å². The van der Waals surface area contributed by atoms with Crippen molar-refractivity contribution in [3.8, 4) is 0 Å². The minimum Gasteiger partial charge on any atom is -0.414 e. The number of fused-ring (bicyclic) bond motifs is 2. The number of hydrogen-bond acceptors (Lipinski definition) is 6. The van der Waals surface area contributed by atoms with Crippen molar-refractivity contribution in [3.05, 3.63) is 38.7 Å². The fourth-order valence-electron chi connectivity index (χ4n) is 4.33. The van der Waals surface area contributed by atoms with Crippen molar-refractivity contribution in [1.82, 2.24) is 9.55 Å². The first kappa shape index (κ1) is 33.4. The summed E-state index contributed by atoms with van der Waals surface area (Å²) in [7, 11) is -6.85. The summed E-state index contributed by atoms with van der Waals surface area (Å²) >= 11 is 0. The molecule has 1 aromatic heterocycles. The molecule has 0 aromatic carbocycles. The standard InChI is InChI=1S/C29H54N2O6Si3/c1-26(2,3)38(10,11)34-19-21-23(36-39(12,13)27(4,5)6)24(37-40(14,15)28(7,8)9)29(35-21)17-16-20-18-22(32)30-25(33)31(20)29/h16-18,21,23-24H,19H2,1-15H3,(H,30,32,33)/t21-,23-,24-,29-/m1/s1. The van der Waals surface area contributed by atoms with Crippen LogP contribution in [0.1, 0.15) is 68.0 Å². The fraction of sp³-hybridized carbons (Fsp3) is 0.793. The van der Waals surface area contributed by atoms with Crippen molar-refractivity contribution in [1.29, 1.82) is 0 Å². The highest BCUT2D eigenvalue weighted by Crippen LogP contribution is 2.50. The second-order valence-electron chi connectivity index (χ2n) is 16.2. The summed E-state index contributed by atoms with van der Waals surface area (Å²) in [5.74, 6) is 0. The van der Waals surface area contributed by atoms with Crippen LogP contribution in [-0.2, 0) is 23.7 Å². The molecule has 4 atom stereocenters. The zero-order valence-corrected chi connectivity index (χ0v) is 30.6. The van der Waals surface area contributed by atoms with Gasteiger partial charge in [-0.05, 0) is 66.5 Å². The summed E-state index contributed by atoms with van der Waals surface area (Å²) in [6.07, 6.45) is 2.10. The van der Waals surface area contributed by atoms with Crippen LogP contribution in [0.4, 0.5) is 0 Å². The van der Waals surface area contributed by atoms with E-state index < -0.39 is 60.2 Å². The lowest BCUT2D eigenvalue weighted by molar-refractivity contribution is -0.107. The number of aromatic amines is 1. The van der Waals surface area contributed by atoms with Gasteiger partial charge in [0.05, 0.1) is 12.3 Å². The first-order chi connectivity index (χ1) is 17.8. The number of ether oxygens (including phenoxy) is 1. The summed E-state index contributed by atoms with van der Waals surface area (Å²) in [4.78, 5) is 28.1. The Morgan fingerprint density at radius 1 is 0.850 bits per heavy atom. The highest BCUT2D eigenvalue weighted by atomic mass is 28.4. The van der Waals surface area contributed by atoms with Crippen molar-refractivity contribution in [2.45, 2.75) is 141 Å². The average molecular weight is 611 g/mol.